The summed E-state index contributed by atoms with van der Waals surface area (Å²) in [5.41, 5.74) is 1.16. The summed E-state index contributed by atoms with van der Waals surface area (Å²) in [4.78, 5) is 20.1. The number of hydrogen-bond acceptors (Lipinski definition) is 2. The summed E-state index contributed by atoms with van der Waals surface area (Å²) in [6, 6.07) is 9.84. The van der Waals surface area contributed by atoms with Gasteiger partial charge in [0, 0.05) is 0 Å². The normalized spacial score (nSPS) is 20.1. The molecule has 1 saturated carbocycles. The van der Waals surface area contributed by atoms with Gasteiger partial charge in [-0.25, -0.2) is 0 Å². The van der Waals surface area contributed by atoms with Crippen LogP contribution in [0.2, 0.25) is 0 Å². The lowest BCUT2D eigenvalue weighted by Gasteiger charge is -2.01. The summed E-state index contributed by atoms with van der Waals surface area (Å²) in [6.45, 7) is 0. The summed E-state index contributed by atoms with van der Waals surface area (Å²) in [7, 11) is 0. The van der Waals surface area contributed by atoms with Gasteiger partial charge < -0.3 is 10.2 Å². The lowest BCUT2D eigenvalue weighted by Crippen LogP contribution is -2.09. The molecular weight excluding hydrogens is 289 g/mol. The lowest BCUT2D eigenvalue weighted by molar-refractivity contribution is -0.152. The van der Waals surface area contributed by atoms with Crippen LogP contribution in [-0.4, -0.2) is 28.3 Å². The van der Waals surface area contributed by atoms with Crippen molar-refractivity contribution in [3.8, 4) is 0 Å². The van der Waals surface area contributed by atoms with E-state index in [4.69, 9.17) is 10.2 Å². The number of carbonyl (C=O) groups is 2. The van der Waals surface area contributed by atoms with Crippen LogP contribution < -0.4 is 0 Å². The highest BCUT2D eigenvalue weighted by Crippen LogP contribution is 2.47. The van der Waals surface area contributed by atoms with Gasteiger partial charge in [-0.15, -0.1) is 0 Å². The molecule has 1 aromatic rings. The zero-order valence-corrected chi connectivity index (χ0v) is 11.0. The van der Waals surface area contributed by atoms with Gasteiger partial charge >= 0.3 is 18.1 Å². The van der Waals surface area contributed by atoms with Gasteiger partial charge in [0.25, 0.3) is 0 Å². The molecule has 2 atom stereocenters. The molecule has 1 aliphatic rings. The van der Waals surface area contributed by atoms with Gasteiger partial charge in [-0.3, -0.25) is 9.59 Å². The highest BCUT2D eigenvalue weighted by molar-refractivity contribution is 5.75. The largest absolute Gasteiger partial charge is 0.481 e. The zero-order valence-electron chi connectivity index (χ0n) is 11.0. The summed E-state index contributed by atoms with van der Waals surface area (Å²) in [5, 5.41) is 16.5. The zero-order chi connectivity index (χ0) is 16.0. The molecule has 0 spiro atoms. The van der Waals surface area contributed by atoms with Crippen molar-refractivity contribution in [1.82, 2.24) is 0 Å². The highest BCUT2D eigenvalue weighted by Gasteiger charge is 2.43. The first kappa shape index (κ1) is 17.0. The van der Waals surface area contributed by atoms with Crippen LogP contribution in [0.25, 0.3) is 0 Å². The van der Waals surface area contributed by atoms with Crippen molar-refractivity contribution in [2.75, 3.05) is 0 Å². The Morgan fingerprint density at radius 1 is 1.14 bits per heavy atom. The van der Waals surface area contributed by atoms with Gasteiger partial charge in [0.15, 0.2) is 0 Å². The second-order valence-electron chi connectivity index (χ2n) is 4.71. The molecule has 0 radical (unpaired) electrons. The third-order valence-corrected chi connectivity index (χ3v) is 2.96. The van der Waals surface area contributed by atoms with Crippen LogP contribution in [0.15, 0.2) is 30.3 Å². The van der Waals surface area contributed by atoms with Crippen molar-refractivity contribution in [2.45, 2.75) is 31.4 Å². The first-order chi connectivity index (χ1) is 9.70. The highest BCUT2D eigenvalue weighted by atomic mass is 19.4. The Hall–Kier alpha value is -2.05. The Morgan fingerprint density at radius 3 is 2.05 bits per heavy atom. The fourth-order valence-corrected chi connectivity index (χ4v) is 1.79. The van der Waals surface area contributed by atoms with Gasteiger partial charge in [-0.2, -0.15) is 13.2 Å². The minimum absolute atomic E-state index is 0.132. The molecule has 116 valence electrons. The maximum Gasteiger partial charge on any atom is 0.389 e. The first-order valence-corrected chi connectivity index (χ1v) is 6.27. The number of hydrogen-bond donors (Lipinski definition) is 2. The monoisotopic (exact) mass is 304 g/mol. The third-order valence-electron chi connectivity index (χ3n) is 2.96. The van der Waals surface area contributed by atoms with Crippen molar-refractivity contribution in [1.29, 1.82) is 0 Å². The molecule has 2 N–H and O–H groups in total. The molecule has 4 nitrogen and oxygen atoms in total. The van der Waals surface area contributed by atoms with Crippen molar-refractivity contribution in [3.05, 3.63) is 35.9 Å². The number of carboxylic acids is 2. The van der Waals surface area contributed by atoms with Crippen LogP contribution in [0, 0.1) is 5.92 Å². The van der Waals surface area contributed by atoms with E-state index < -0.39 is 31.0 Å². The number of halogens is 3. The fraction of sp³-hybridized carbons (Fsp3) is 0.429. The molecule has 0 unspecified atom stereocenters. The van der Waals surface area contributed by atoms with Gasteiger partial charge in [-0.05, 0) is 17.9 Å². The van der Waals surface area contributed by atoms with Crippen molar-refractivity contribution >= 4 is 11.9 Å². The maximum absolute atomic E-state index is 11.2. The van der Waals surface area contributed by atoms with Crippen molar-refractivity contribution < 1.29 is 33.0 Å². The fourth-order valence-electron chi connectivity index (χ4n) is 1.79. The van der Waals surface area contributed by atoms with Gasteiger partial charge in [0.05, 0.1) is 18.8 Å². The van der Waals surface area contributed by atoms with Gasteiger partial charge in [0.2, 0.25) is 0 Å². The van der Waals surface area contributed by atoms with Crippen LogP contribution in [0.5, 0.6) is 0 Å². The van der Waals surface area contributed by atoms with Gasteiger partial charge in [-0.1, -0.05) is 30.3 Å². The van der Waals surface area contributed by atoms with E-state index in [1.807, 2.05) is 30.3 Å². The van der Waals surface area contributed by atoms with E-state index in [0.29, 0.717) is 0 Å². The summed E-state index contributed by atoms with van der Waals surface area (Å²) in [5.74, 6) is -1.95. The standard InChI is InChI=1S/C10H10O2.C4H5F3O2/c11-10(12)9-6-8(9)7-4-2-1-3-5-7;5-4(6,7)2-1-3(8)9/h1-5,8-9H,6H2,(H,11,12);1-2H2,(H,8,9)/t8-,9+;/m0./s1. The Labute approximate surface area is 119 Å². The van der Waals surface area contributed by atoms with Crippen LogP contribution in [0.4, 0.5) is 13.2 Å². The molecule has 0 bridgehead atoms. The molecule has 0 heterocycles. The SMILES string of the molecule is O=C(O)CCC(F)(F)F.O=C(O)[C@@H]1C[C@H]1c1ccccc1. The van der Waals surface area contributed by atoms with Crippen LogP contribution in [0.3, 0.4) is 0 Å². The molecular formula is C14H15F3O4. The van der Waals surface area contributed by atoms with E-state index in [2.05, 4.69) is 0 Å². The Kier molecular flexibility index (Phi) is 5.75. The third kappa shape index (κ3) is 6.78. The summed E-state index contributed by atoms with van der Waals surface area (Å²) >= 11 is 0. The minimum atomic E-state index is -4.35. The van der Waals surface area contributed by atoms with E-state index in [1.54, 1.807) is 0 Å². The molecule has 0 aliphatic heterocycles. The molecule has 21 heavy (non-hydrogen) atoms. The molecule has 1 aliphatic carbocycles. The van der Waals surface area contributed by atoms with E-state index >= 15 is 0 Å². The smallest absolute Gasteiger partial charge is 0.389 e. The molecule has 0 aromatic heterocycles. The average molecular weight is 304 g/mol. The number of carboxylic acid groups (broad SMARTS) is 2. The molecule has 1 fully saturated rings. The quantitative estimate of drug-likeness (QED) is 0.895. The summed E-state index contributed by atoms with van der Waals surface area (Å²) < 4.78 is 33.5. The van der Waals surface area contributed by atoms with E-state index in [1.165, 1.54) is 0 Å². The predicted octanol–water partition coefficient (Wildman–Crippen LogP) is 3.29. The topological polar surface area (TPSA) is 74.6 Å². The Bertz CT molecular complexity index is 485. The second kappa shape index (κ2) is 7.10. The number of benzene rings is 1. The van der Waals surface area contributed by atoms with Crippen molar-refractivity contribution in [2.24, 2.45) is 5.92 Å². The second-order valence-corrected chi connectivity index (χ2v) is 4.71. The molecule has 1 aromatic carbocycles. The predicted molar refractivity (Wildman–Crippen MR) is 67.9 cm³/mol. The number of rotatable bonds is 4. The average Bonchev–Trinajstić information content (AvgIpc) is 3.18. The van der Waals surface area contributed by atoms with E-state index in [9.17, 15) is 22.8 Å². The molecule has 7 heteroatoms. The minimum Gasteiger partial charge on any atom is -0.481 e. The lowest BCUT2D eigenvalue weighted by atomic mass is 10.1. The maximum atomic E-state index is 11.2. The molecule has 2 rings (SSSR count). The van der Waals surface area contributed by atoms with Crippen LogP contribution in [0.1, 0.15) is 30.7 Å². The van der Waals surface area contributed by atoms with Crippen molar-refractivity contribution in [3.63, 3.8) is 0 Å². The van der Waals surface area contributed by atoms with E-state index in [0.717, 1.165) is 12.0 Å². The van der Waals surface area contributed by atoms with E-state index in [-0.39, 0.29) is 11.8 Å². The number of aliphatic carboxylic acids is 2. The van der Waals surface area contributed by atoms with Crippen LogP contribution >= 0.6 is 0 Å². The Morgan fingerprint density at radius 2 is 1.71 bits per heavy atom. The molecule has 0 saturated heterocycles. The summed E-state index contributed by atoms with van der Waals surface area (Å²) in [6.07, 6.45) is -5.64. The van der Waals surface area contributed by atoms with Gasteiger partial charge in [0.1, 0.15) is 0 Å². The molecule has 0 amide bonds. The first-order valence-electron chi connectivity index (χ1n) is 6.27. The number of alkyl halides is 3. The Balaban J connectivity index is 0.000000222. The van der Waals surface area contributed by atoms with Crippen LogP contribution in [-0.2, 0) is 9.59 Å².